The third-order valence-electron chi connectivity index (χ3n) is 3.03. The van der Waals surface area contributed by atoms with Crippen LogP contribution in [0.15, 0.2) is 23.8 Å². The lowest BCUT2D eigenvalue weighted by atomic mass is 10.0. The minimum atomic E-state index is -0.937. The number of amides is 1. The van der Waals surface area contributed by atoms with Crippen molar-refractivity contribution in [1.82, 2.24) is 5.32 Å². The molecule has 0 aliphatic carbocycles. The molecule has 1 aromatic rings. The Labute approximate surface area is 117 Å². The molecule has 0 saturated carbocycles. The quantitative estimate of drug-likeness (QED) is 0.877. The predicted octanol–water partition coefficient (Wildman–Crippen LogP) is 1.75. The van der Waals surface area contributed by atoms with Crippen molar-refractivity contribution in [1.29, 1.82) is 0 Å². The number of rotatable bonds is 4. The van der Waals surface area contributed by atoms with E-state index in [-0.39, 0.29) is 18.9 Å². The fraction of sp³-hybridized carbons (Fsp3) is 0.333. The first-order chi connectivity index (χ1) is 9.45. The van der Waals surface area contributed by atoms with Crippen LogP contribution in [0, 0.1) is 6.92 Å². The molecular formula is C15H17NO4. The molecule has 1 amide bonds. The summed E-state index contributed by atoms with van der Waals surface area (Å²) >= 11 is 0. The highest BCUT2D eigenvalue weighted by Gasteiger charge is 2.19. The summed E-state index contributed by atoms with van der Waals surface area (Å²) in [5, 5.41) is 11.3. The highest BCUT2D eigenvalue weighted by Crippen LogP contribution is 2.27. The van der Waals surface area contributed by atoms with Crippen LogP contribution >= 0.6 is 0 Å². The zero-order valence-electron chi connectivity index (χ0n) is 11.5. The maximum absolute atomic E-state index is 12.0. The van der Waals surface area contributed by atoms with E-state index in [9.17, 15) is 9.59 Å². The number of hydrogen-bond donors (Lipinski definition) is 2. The molecule has 20 heavy (non-hydrogen) atoms. The number of carboxylic acid groups (broad SMARTS) is 1. The van der Waals surface area contributed by atoms with Gasteiger partial charge in [0, 0.05) is 11.6 Å². The molecule has 1 aliphatic rings. The minimum Gasteiger partial charge on any atom is -0.488 e. The molecule has 106 valence electrons. The van der Waals surface area contributed by atoms with Crippen molar-refractivity contribution >= 4 is 18.0 Å². The number of nitrogens with one attached hydrogen (secondary N) is 1. The standard InChI is InChI=1S/C15H17NO4/c1-9-3-4-13-11(5-9)7-12(8-20-13)15(19)16-10(2)6-14(17)18/h3-5,7,10H,6,8H2,1-2H3,(H,16,19)(H,17,18)/t10-/m0/s1. The first-order valence-electron chi connectivity index (χ1n) is 6.42. The first-order valence-corrected chi connectivity index (χ1v) is 6.42. The monoisotopic (exact) mass is 275 g/mol. The number of carboxylic acids is 1. The van der Waals surface area contributed by atoms with E-state index in [0.717, 1.165) is 16.9 Å². The van der Waals surface area contributed by atoms with Gasteiger partial charge < -0.3 is 15.2 Å². The molecule has 2 rings (SSSR count). The Morgan fingerprint density at radius 3 is 2.90 bits per heavy atom. The summed E-state index contributed by atoms with van der Waals surface area (Å²) in [6, 6.07) is 5.36. The smallest absolute Gasteiger partial charge is 0.305 e. The zero-order chi connectivity index (χ0) is 14.7. The van der Waals surface area contributed by atoms with Crippen molar-refractivity contribution in [2.75, 3.05) is 6.61 Å². The molecule has 0 radical (unpaired) electrons. The van der Waals surface area contributed by atoms with E-state index in [1.807, 2.05) is 25.1 Å². The predicted molar refractivity (Wildman–Crippen MR) is 74.5 cm³/mol. The van der Waals surface area contributed by atoms with Gasteiger partial charge in [-0.3, -0.25) is 9.59 Å². The topological polar surface area (TPSA) is 75.6 Å². The fourth-order valence-electron chi connectivity index (χ4n) is 2.06. The van der Waals surface area contributed by atoms with Crippen molar-refractivity contribution in [2.24, 2.45) is 0 Å². The van der Waals surface area contributed by atoms with Crippen molar-refractivity contribution in [3.05, 3.63) is 34.9 Å². The molecule has 0 fully saturated rings. The number of fused-ring (bicyclic) bond motifs is 1. The summed E-state index contributed by atoms with van der Waals surface area (Å²) in [5.41, 5.74) is 2.46. The van der Waals surface area contributed by atoms with Gasteiger partial charge in [0.25, 0.3) is 5.91 Å². The normalized spacial score (nSPS) is 14.6. The molecule has 0 unspecified atom stereocenters. The van der Waals surface area contributed by atoms with E-state index in [0.29, 0.717) is 5.57 Å². The zero-order valence-corrected chi connectivity index (χ0v) is 11.5. The molecule has 0 saturated heterocycles. The number of carbonyl (C=O) groups excluding carboxylic acids is 1. The number of aryl methyl sites for hydroxylation is 1. The Bertz CT molecular complexity index is 577. The number of hydrogen-bond acceptors (Lipinski definition) is 3. The van der Waals surface area contributed by atoms with Crippen molar-refractivity contribution < 1.29 is 19.4 Å². The Balaban J connectivity index is 2.10. The average molecular weight is 275 g/mol. The SMILES string of the molecule is Cc1ccc2c(c1)C=C(C(=O)N[C@@H](C)CC(=O)O)CO2. The Morgan fingerprint density at radius 1 is 1.45 bits per heavy atom. The number of benzene rings is 1. The number of carbonyl (C=O) groups is 2. The van der Waals surface area contributed by atoms with Crippen LogP contribution in [0.3, 0.4) is 0 Å². The van der Waals surface area contributed by atoms with E-state index >= 15 is 0 Å². The summed E-state index contributed by atoms with van der Waals surface area (Å²) in [4.78, 5) is 22.6. The third-order valence-corrected chi connectivity index (χ3v) is 3.03. The fourth-order valence-corrected chi connectivity index (χ4v) is 2.06. The van der Waals surface area contributed by atoms with Crippen LogP contribution < -0.4 is 10.1 Å². The van der Waals surface area contributed by atoms with Gasteiger partial charge in [-0.25, -0.2) is 0 Å². The molecule has 0 aromatic heterocycles. The van der Waals surface area contributed by atoms with E-state index in [1.165, 1.54) is 0 Å². The van der Waals surface area contributed by atoms with Crippen LogP contribution in [0.1, 0.15) is 24.5 Å². The lowest BCUT2D eigenvalue weighted by molar-refractivity contribution is -0.137. The van der Waals surface area contributed by atoms with Gasteiger partial charge in [0.05, 0.1) is 12.0 Å². The summed E-state index contributed by atoms with van der Waals surface area (Å²) in [5.74, 6) is -0.468. The summed E-state index contributed by atoms with van der Waals surface area (Å²) < 4.78 is 5.53. The highest BCUT2D eigenvalue weighted by atomic mass is 16.5. The Kier molecular flexibility index (Phi) is 4.08. The van der Waals surface area contributed by atoms with Crippen LogP contribution in [0.4, 0.5) is 0 Å². The second kappa shape index (κ2) is 5.77. The number of aliphatic carboxylic acids is 1. The van der Waals surface area contributed by atoms with Gasteiger partial charge in [0.1, 0.15) is 12.4 Å². The van der Waals surface area contributed by atoms with Gasteiger partial charge in [0.2, 0.25) is 0 Å². The molecule has 1 aromatic carbocycles. The average Bonchev–Trinajstić information content (AvgIpc) is 2.36. The van der Waals surface area contributed by atoms with Crippen LogP contribution in [-0.2, 0) is 9.59 Å². The molecule has 0 bridgehead atoms. The first kappa shape index (κ1) is 14.1. The molecule has 5 nitrogen and oxygen atoms in total. The molecule has 1 atom stereocenters. The lowest BCUT2D eigenvalue weighted by Crippen LogP contribution is -2.36. The van der Waals surface area contributed by atoms with Crippen molar-refractivity contribution in [3.8, 4) is 5.75 Å². The van der Waals surface area contributed by atoms with Gasteiger partial charge in [-0.1, -0.05) is 11.6 Å². The van der Waals surface area contributed by atoms with Crippen LogP contribution in [0.2, 0.25) is 0 Å². The third kappa shape index (κ3) is 3.38. The van der Waals surface area contributed by atoms with E-state index in [4.69, 9.17) is 9.84 Å². The van der Waals surface area contributed by atoms with Crippen LogP contribution in [0.5, 0.6) is 5.75 Å². The van der Waals surface area contributed by atoms with E-state index in [2.05, 4.69) is 5.32 Å². The van der Waals surface area contributed by atoms with Gasteiger partial charge in [0.15, 0.2) is 0 Å². The van der Waals surface area contributed by atoms with Crippen LogP contribution in [0.25, 0.3) is 6.08 Å². The number of ether oxygens (including phenoxy) is 1. The maximum Gasteiger partial charge on any atom is 0.305 e. The largest absolute Gasteiger partial charge is 0.488 e. The Hall–Kier alpha value is -2.30. The second-order valence-corrected chi connectivity index (χ2v) is 4.97. The van der Waals surface area contributed by atoms with Gasteiger partial charge >= 0.3 is 5.97 Å². The minimum absolute atomic E-state index is 0.102. The van der Waals surface area contributed by atoms with Gasteiger partial charge in [-0.15, -0.1) is 0 Å². The van der Waals surface area contributed by atoms with E-state index < -0.39 is 12.0 Å². The molecular weight excluding hydrogens is 258 g/mol. The summed E-state index contributed by atoms with van der Waals surface area (Å²) in [6.45, 7) is 3.83. The van der Waals surface area contributed by atoms with Gasteiger partial charge in [-0.05, 0) is 32.1 Å². The van der Waals surface area contributed by atoms with E-state index in [1.54, 1.807) is 13.0 Å². The molecule has 1 heterocycles. The summed E-state index contributed by atoms with van der Waals surface area (Å²) in [7, 11) is 0. The van der Waals surface area contributed by atoms with Crippen molar-refractivity contribution in [2.45, 2.75) is 26.3 Å². The van der Waals surface area contributed by atoms with Crippen LogP contribution in [-0.4, -0.2) is 29.6 Å². The molecule has 0 spiro atoms. The Morgan fingerprint density at radius 2 is 2.20 bits per heavy atom. The molecule has 2 N–H and O–H groups in total. The maximum atomic E-state index is 12.0. The van der Waals surface area contributed by atoms with Crippen molar-refractivity contribution in [3.63, 3.8) is 0 Å². The second-order valence-electron chi connectivity index (χ2n) is 4.97. The molecule has 1 aliphatic heterocycles. The highest BCUT2D eigenvalue weighted by molar-refractivity contribution is 5.99. The lowest BCUT2D eigenvalue weighted by Gasteiger charge is -2.19. The molecule has 5 heteroatoms. The van der Waals surface area contributed by atoms with Gasteiger partial charge in [-0.2, -0.15) is 0 Å². The summed E-state index contributed by atoms with van der Waals surface area (Å²) in [6.07, 6.45) is 1.68.